The van der Waals surface area contributed by atoms with Gasteiger partial charge in [-0.3, -0.25) is 9.78 Å². The number of nitrogens with one attached hydrogen (secondary N) is 2. The lowest BCUT2D eigenvalue weighted by Crippen LogP contribution is -2.82. The van der Waals surface area contributed by atoms with Crippen LogP contribution < -0.4 is 11.1 Å². The highest BCUT2D eigenvalue weighted by atomic mass is 16.2. The maximum Gasteiger partial charge on any atom is 0.271 e. The van der Waals surface area contributed by atoms with Crippen LogP contribution in [-0.4, -0.2) is 31.9 Å². The number of aromatic nitrogens is 3. The van der Waals surface area contributed by atoms with Crippen molar-refractivity contribution in [1.82, 2.24) is 20.3 Å². The van der Waals surface area contributed by atoms with Crippen LogP contribution >= 0.6 is 0 Å². The molecule has 3 aliphatic rings. The molecule has 2 aromatic heterocycles. The lowest BCUT2D eigenvalue weighted by atomic mass is 9.44. The predicted octanol–water partition coefficient (Wildman–Crippen LogP) is 2.30. The number of hydrogen-bond donors (Lipinski definition) is 3. The number of benzene rings is 1. The van der Waals surface area contributed by atoms with Gasteiger partial charge in [0, 0.05) is 22.0 Å². The number of H-pyrrole nitrogens is 1. The molecule has 126 valence electrons. The van der Waals surface area contributed by atoms with Crippen molar-refractivity contribution in [2.75, 3.05) is 0 Å². The summed E-state index contributed by atoms with van der Waals surface area (Å²) >= 11 is 0. The van der Waals surface area contributed by atoms with Crippen LogP contribution in [0.25, 0.3) is 22.3 Å². The van der Waals surface area contributed by atoms with Gasteiger partial charge in [-0.1, -0.05) is 18.2 Å². The fraction of sp³-hybridized carbons (Fsp3) is 0.316. The number of nitrogens with zero attached hydrogens (tertiary/aromatic N) is 2. The summed E-state index contributed by atoms with van der Waals surface area (Å²) in [5.41, 5.74) is 9.97. The molecule has 2 bridgehead atoms. The first-order chi connectivity index (χ1) is 12.0. The fourth-order valence-corrected chi connectivity index (χ4v) is 4.44. The van der Waals surface area contributed by atoms with Gasteiger partial charge in [-0.15, -0.1) is 0 Å². The third-order valence-corrected chi connectivity index (χ3v) is 5.54. The minimum atomic E-state index is -0.176. The van der Waals surface area contributed by atoms with E-state index in [1.54, 1.807) is 6.20 Å². The Balaban J connectivity index is 1.46. The van der Waals surface area contributed by atoms with Gasteiger partial charge in [0.1, 0.15) is 11.4 Å². The first-order valence-corrected chi connectivity index (χ1v) is 8.48. The summed E-state index contributed by atoms with van der Waals surface area (Å²) in [6, 6.07) is 8.10. The highest BCUT2D eigenvalue weighted by Crippen LogP contribution is 2.58. The van der Waals surface area contributed by atoms with E-state index in [0.29, 0.717) is 11.4 Å². The van der Waals surface area contributed by atoms with Crippen molar-refractivity contribution in [2.24, 2.45) is 5.73 Å². The van der Waals surface area contributed by atoms with Crippen molar-refractivity contribution in [3.05, 3.63) is 47.9 Å². The lowest BCUT2D eigenvalue weighted by molar-refractivity contribution is -0.0713. The number of carbonyl (C=O) groups excluding carboxylic acids is 1. The van der Waals surface area contributed by atoms with Crippen molar-refractivity contribution in [1.29, 1.82) is 0 Å². The molecular formula is C19H19N5O. The minimum absolute atomic E-state index is 0.0394. The van der Waals surface area contributed by atoms with Gasteiger partial charge in [0.15, 0.2) is 0 Å². The molecule has 0 spiro atoms. The second kappa shape index (κ2) is 4.67. The van der Waals surface area contributed by atoms with Crippen LogP contribution in [0, 0.1) is 6.92 Å². The molecule has 0 unspecified atom stereocenters. The molecule has 3 saturated carbocycles. The third-order valence-electron chi connectivity index (χ3n) is 5.54. The zero-order valence-electron chi connectivity index (χ0n) is 14.0. The average Bonchev–Trinajstić information content (AvgIpc) is 2.90. The van der Waals surface area contributed by atoms with Crippen LogP contribution in [0.3, 0.4) is 0 Å². The van der Waals surface area contributed by atoms with Gasteiger partial charge in [0.05, 0.1) is 18.1 Å². The van der Waals surface area contributed by atoms with E-state index in [2.05, 4.69) is 26.3 Å². The van der Waals surface area contributed by atoms with E-state index in [-0.39, 0.29) is 17.0 Å². The Labute approximate surface area is 144 Å². The second-order valence-electron chi connectivity index (χ2n) is 7.59. The Morgan fingerprint density at radius 2 is 2.00 bits per heavy atom. The van der Waals surface area contributed by atoms with Gasteiger partial charge in [0.25, 0.3) is 5.91 Å². The minimum Gasteiger partial charge on any atom is -0.353 e. The molecule has 6 heteroatoms. The summed E-state index contributed by atoms with van der Waals surface area (Å²) in [5.74, 6) is -0.176. The number of aromatic amines is 1. The fourth-order valence-electron chi connectivity index (χ4n) is 4.44. The van der Waals surface area contributed by atoms with Crippen LogP contribution in [0.4, 0.5) is 0 Å². The molecule has 3 fully saturated rings. The molecule has 0 atom stereocenters. The normalized spacial score (nSPS) is 26.8. The van der Waals surface area contributed by atoms with E-state index in [1.807, 2.05) is 25.1 Å². The van der Waals surface area contributed by atoms with Gasteiger partial charge in [0.2, 0.25) is 0 Å². The molecule has 0 radical (unpaired) electrons. The molecule has 0 aliphatic heterocycles. The van der Waals surface area contributed by atoms with Crippen LogP contribution in [0.5, 0.6) is 0 Å². The summed E-state index contributed by atoms with van der Waals surface area (Å²) in [6.07, 6.45) is 5.78. The summed E-state index contributed by atoms with van der Waals surface area (Å²) < 4.78 is 0. The summed E-state index contributed by atoms with van der Waals surface area (Å²) in [5, 5.41) is 4.24. The zero-order valence-corrected chi connectivity index (χ0v) is 14.0. The number of aryl methyl sites for hydroxylation is 1. The maximum absolute atomic E-state index is 12.6. The topological polar surface area (TPSA) is 96.7 Å². The van der Waals surface area contributed by atoms with Gasteiger partial charge in [-0.25, -0.2) is 4.98 Å². The van der Waals surface area contributed by atoms with E-state index in [9.17, 15) is 4.79 Å². The lowest BCUT2D eigenvalue weighted by Gasteiger charge is -2.68. The van der Waals surface area contributed by atoms with Crippen molar-refractivity contribution in [2.45, 2.75) is 37.3 Å². The van der Waals surface area contributed by atoms with E-state index in [4.69, 9.17) is 5.73 Å². The molecule has 3 aromatic rings. The molecule has 3 aliphatic carbocycles. The Morgan fingerprint density at radius 1 is 1.24 bits per heavy atom. The van der Waals surface area contributed by atoms with Crippen LogP contribution in [0.2, 0.25) is 0 Å². The van der Waals surface area contributed by atoms with Gasteiger partial charge < -0.3 is 16.0 Å². The standard InChI is InChI=1S/C19H19N5O/c1-11-12-4-2-3-5-13(12)23-16(11)14-6-21-7-15(22-14)17(25)24-19-8-18(20,9-19)10-19/h2-7,23H,8-10,20H2,1H3,(H,24,25). The van der Waals surface area contributed by atoms with Crippen molar-refractivity contribution in [3.8, 4) is 11.4 Å². The molecule has 25 heavy (non-hydrogen) atoms. The Kier molecular flexibility index (Phi) is 2.73. The van der Waals surface area contributed by atoms with Crippen molar-refractivity contribution in [3.63, 3.8) is 0 Å². The molecule has 1 amide bonds. The van der Waals surface area contributed by atoms with E-state index in [0.717, 1.165) is 41.4 Å². The van der Waals surface area contributed by atoms with Crippen LogP contribution in [0.1, 0.15) is 35.3 Å². The van der Waals surface area contributed by atoms with E-state index >= 15 is 0 Å². The van der Waals surface area contributed by atoms with Gasteiger partial charge in [-0.2, -0.15) is 0 Å². The Hall–Kier alpha value is -2.73. The SMILES string of the molecule is Cc1c(-c2cncc(C(=O)NC34CC(N)(C3)C4)n2)[nH]c2ccccc12. The highest BCUT2D eigenvalue weighted by molar-refractivity contribution is 5.94. The van der Waals surface area contributed by atoms with Gasteiger partial charge in [-0.05, 0) is 37.8 Å². The number of rotatable bonds is 3. The second-order valence-corrected chi connectivity index (χ2v) is 7.59. The molecule has 6 rings (SSSR count). The molecule has 1 aromatic carbocycles. The third kappa shape index (κ3) is 2.10. The number of carbonyl (C=O) groups is 1. The largest absolute Gasteiger partial charge is 0.353 e. The monoisotopic (exact) mass is 333 g/mol. The number of amides is 1. The molecule has 4 N–H and O–H groups in total. The number of hydrogen-bond acceptors (Lipinski definition) is 4. The maximum atomic E-state index is 12.6. The summed E-state index contributed by atoms with van der Waals surface area (Å²) in [7, 11) is 0. The number of nitrogens with two attached hydrogens (primary N) is 1. The number of fused-ring (bicyclic) bond motifs is 1. The molecule has 2 heterocycles. The Morgan fingerprint density at radius 3 is 2.72 bits per heavy atom. The summed E-state index contributed by atoms with van der Waals surface area (Å²) in [6.45, 7) is 2.05. The summed E-state index contributed by atoms with van der Waals surface area (Å²) in [4.78, 5) is 24.7. The smallest absolute Gasteiger partial charge is 0.271 e. The molecular weight excluding hydrogens is 314 g/mol. The van der Waals surface area contributed by atoms with Crippen LogP contribution in [0.15, 0.2) is 36.7 Å². The molecule has 6 nitrogen and oxygen atoms in total. The first kappa shape index (κ1) is 14.6. The van der Waals surface area contributed by atoms with Gasteiger partial charge >= 0.3 is 0 Å². The average molecular weight is 333 g/mol. The van der Waals surface area contributed by atoms with E-state index < -0.39 is 0 Å². The first-order valence-electron chi connectivity index (χ1n) is 8.48. The number of para-hydroxylation sites is 1. The highest BCUT2D eigenvalue weighted by Gasteiger charge is 2.66. The Bertz CT molecular complexity index is 1000. The van der Waals surface area contributed by atoms with Crippen LogP contribution in [-0.2, 0) is 0 Å². The zero-order chi connectivity index (χ0) is 17.2. The van der Waals surface area contributed by atoms with E-state index in [1.165, 1.54) is 6.20 Å². The van der Waals surface area contributed by atoms with Crippen molar-refractivity contribution < 1.29 is 4.79 Å². The predicted molar refractivity (Wildman–Crippen MR) is 95.0 cm³/mol. The quantitative estimate of drug-likeness (QED) is 0.685. The van der Waals surface area contributed by atoms with Crippen molar-refractivity contribution >= 4 is 16.8 Å². The molecule has 0 saturated heterocycles.